The van der Waals surface area contributed by atoms with Gasteiger partial charge in [-0.25, -0.2) is 8.42 Å². The molecular weight excluding hydrogens is 390 g/mol. The molecule has 3 fully saturated rings. The Bertz CT molecular complexity index is 842. The highest BCUT2D eigenvalue weighted by atomic mass is 32.2. The quantitative estimate of drug-likeness (QED) is 0.643. The van der Waals surface area contributed by atoms with Crippen LogP contribution in [0.3, 0.4) is 0 Å². The Balaban J connectivity index is 1.25. The summed E-state index contributed by atoms with van der Waals surface area (Å²) in [6, 6.07) is 8.77. The number of rotatable bonds is 8. The maximum atomic E-state index is 12.7. The Morgan fingerprint density at radius 1 is 0.931 bits per heavy atom. The van der Waals surface area contributed by atoms with Crippen molar-refractivity contribution >= 4 is 21.8 Å². The van der Waals surface area contributed by atoms with Crippen molar-refractivity contribution in [3.63, 3.8) is 0 Å². The third-order valence-corrected chi connectivity index (χ3v) is 7.90. The first-order valence-electron chi connectivity index (χ1n) is 10.6. The molecule has 4 rings (SSSR count). The summed E-state index contributed by atoms with van der Waals surface area (Å²) in [7, 11) is -3.52. The number of sulfonamides is 1. The lowest BCUT2D eigenvalue weighted by Crippen LogP contribution is -2.50. The zero-order valence-corrected chi connectivity index (χ0v) is 17.5. The van der Waals surface area contributed by atoms with Crippen molar-refractivity contribution in [2.45, 2.75) is 49.5 Å². The fraction of sp³-hybridized carbons (Fsp3) is 0.619. The lowest BCUT2D eigenvalue weighted by atomic mass is 10.2. The molecule has 0 unspecified atom stereocenters. The average molecular weight is 420 g/mol. The normalized spacial score (nSPS) is 20.5. The summed E-state index contributed by atoms with van der Waals surface area (Å²) in [6.45, 7) is 2.16. The van der Waals surface area contributed by atoms with E-state index in [0.29, 0.717) is 25.0 Å². The molecule has 1 aliphatic heterocycles. The van der Waals surface area contributed by atoms with Crippen molar-refractivity contribution in [3.8, 4) is 0 Å². The highest BCUT2D eigenvalue weighted by molar-refractivity contribution is 7.89. The monoisotopic (exact) mass is 419 g/mol. The minimum Gasteiger partial charge on any atom is -0.340 e. The van der Waals surface area contributed by atoms with Crippen LogP contribution < -0.4 is 0 Å². The molecule has 0 aromatic heterocycles. The Labute approximate surface area is 172 Å². The summed E-state index contributed by atoms with van der Waals surface area (Å²) in [5, 5.41) is 0. The molecule has 2 aliphatic carbocycles. The van der Waals surface area contributed by atoms with Crippen LogP contribution in [0.5, 0.6) is 0 Å². The van der Waals surface area contributed by atoms with Crippen molar-refractivity contribution in [2.75, 3.05) is 32.7 Å². The third-order valence-electron chi connectivity index (χ3n) is 5.98. The van der Waals surface area contributed by atoms with Gasteiger partial charge in [0.1, 0.15) is 0 Å². The van der Waals surface area contributed by atoms with Crippen molar-refractivity contribution in [2.24, 2.45) is 5.92 Å². The van der Waals surface area contributed by atoms with E-state index < -0.39 is 10.0 Å². The molecule has 0 atom stereocenters. The van der Waals surface area contributed by atoms with Gasteiger partial charge in [-0.15, -0.1) is 0 Å². The van der Waals surface area contributed by atoms with E-state index in [9.17, 15) is 18.0 Å². The number of piperazine rings is 1. The van der Waals surface area contributed by atoms with E-state index in [1.807, 2.05) is 4.90 Å². The van der Waals surface area contributed by atoms with E-state index in [1.54, 1.807) is 35.2 Å². The molecule has 2 amide bonds. The molecule has 158 valence electrons. The smallest absolute Gasteiger partial charge is 0.243 e. The minimum absolute atomic E-state index is 0.0581. The maximum absolute atomic E-state index is 12.7. The molecule has 0 radical (unpaired) electrons. The number of nitrogens with zero attached hydrogens (tertiary/aromatic N) is 3. The second-order valence-corrected chi connectivity index (χ2v) is 10.3. The molecule has 1 aromatic carbocycles. The fourth-order valence-corrected chi connectivity index (χ4v) is 5.30. The van der Waals surface area contributed by atoms with Gasteiger partial charge in [-0.05, 0) is 43.7 Å². The molecule has 1 heterocycles. The molecular formula is C21H29N3O4S. The molecule has 7 nitrogen and oxygen atoms in total. The summed E-state index contributed by atoms with van der Waals surface area (Å²) in [5.74, 6) is 0.699. The average Bonchev–Trinajstić information content (AvgIpc) is 3.64. The molecule has 1 aromatic rings. The van der Waals surface area contributed by atoms with E-state index >= 15 is 0 Å². The van der Waals surface area contributed by atoms with Gasteiger partial charge in [-0.1, -0.05) is 18.2 Å². The van der Waals surface area contributed by atoms with Crippen LogP contribution in [-0.2, 0) is 19.6 Å². The van der Waals surface area contributed by atoms with Crippen LogP contribution in [-0.4, -0.2) is 73.1 Å². The zero-order valence-electron chi connectivity index (χ0n) is 16.7. The van der Waals surface area contributed by atoms with Crippen LogP contribution in [0.2, 0.25) is 0 Å². The second-order valence-electron chi connectivity index (χ2n) is 8.32. The standard InChI is InChI=1S/C21H29N3O4S/c25-20(10-11-21(26)24(18-8-9-18)16-17-6-7-17)22-12-14-23(15-13-22)29(27,28)19-4-2-1-3-5-19/h1-5,17-18H,6-16H2. The van der Waals surface area contributed by atoms with Gasteiger partial charge >= 0.3 is 0 Å². The van der Waals surface area contributed by atoms with Crippen molar-refractivity contribution in [1.82, 2.24) is 14.1 Å². The summed E-state index contributed by atoms with van der Waals surface area (Å²) in [4.78, 5) is 29.1. The number of hydrogen-bond acceptors (Lipinski definition) is 4. The summed E-state index contributed by atoms with van der Waals surface area (Å²) in [6.07, 6.45) is 5.06. The van der Waals surface area contributed by atoms with E-state index in [4.69, 9.17) is 0 Å². The van der Waals surface area contributed by atoms with E-state index in [2.05, 4.69) is 0 Å². The van der Waals surface area contributed by atoms with Crippen LogP contribution in [0.15, 0.2) is 35.2 Å². The van der Waals surface area contributed by atoms with Crippen molar-refractivity contribution < 1.29 is 18.0 Å². The van der Waals surface area contributed by atoms with Gasteiger partial charge in [0.05, 0.1) is 4.90 Å². The highest BCUT2D eigenvalue weighted by Gasteiger charge is 2.36. The van der Waals surface area contributed by atoms with Crippen molar-refractivity contribution in [1.29, 1.82) is 0 Å². The predicted octanol–water partition coefficient (Wildman–Crippen LogP) is 1.70. The lowest BCUT2D eigenvalue weighted by Gasteiger charge is -2.34. The van der Waals surface area contributed by atoms with Gasteiger partial charge in [0, 0.05) is 51.6 Å². The van der Waals surface area contributed by atoms with E-state index in [0.717, 1.165) is 19.4 Å². The fourth-order valence-electron chi connectivity index (χ4n) is 3.85. The number of carbonyl (C=O) groups excluding carboxylic acids is 2. The first kappa shape index (κ1) is 20.3. The van der Waals surface area contributed by atoms with Gasteiger partial charge in [0.15, 0.2) is 0 Å². The highest BCUT2D eigenvalue weighted by Crippen LogP contribution is 2.35. The number of hydrogen-bond donors (Lipinski definition) is 0. The first-order chi connectivity index (χ1) is 13.9. The molecule has 0 N–H and O–H groups in total. The van der Waals surface area contributed by atoms with Gasteiger partial charge in [-0.2, -0.15) is 4.31 Å². The largest absolute Gasteiger partial charge is 0.340 e. The van der Waals surface area contributed by atoms with E-state index in [-0.39, 0.29) is 42.6 Å². The molecule has 2 saturated carbocycles. The molecule has 1 saturated heterocycles. The van der Waals surface area contributed by atoms with E-state index in [1.165, 1.54) is 17.1 Å². The third kappa shape index (κ3) is 4.98. The second kappa shape index (κ2) is 8.44. The summed E-state index contributed by atoms with van der Waals surface area (Å²) in [5.41, 5.74) is 0. The predicted molar refractivity (Wildman–Crippen MR) is 108 cm³/mol. The molecule has 29 heavy (non-hydrogen) atoms. The van der Waals surface area contributed by atoms with Crippen LogP contribution >= 0.6 is 0 Å². The van der Waals surface area contributed by atoms with Gasteiger partial charge in [0.25, 0.3) is 0 Å². The van der Waals surface area contributed by atoms with Crippen LogP contribution in [0.1, 0.15) is 38.5 Å². The Morgan fingerprint density at radius 3 is 2.17 bits per heavy atom. The Hall–Kier alpha value is -1.93. The van der Waals surface area contributed by atoms with Crippen LogP contribution in [0.25, 0.3) is 0 Å². The van der Waals surface area contributed by atoms with Crippen molar-refractivity contribution in [3.05, 3.63) is 30.3 Å². The lowest BCUT2D eigenvalue weighted by molar-refractivity contribution is -0.138. The maximum Gasteiger partial charge on any atom is 0.243 e. The van der Waals surface area contributed by atoms with Gasteiger partial charge < -0.3 is 9.80 Å². The first-order valence-corrected chi connectivity index (χ1v) is 12.0. The molecule has 3 aliphatic rings. The minimum atomic E-state index is -3.52. The summed E-state index contributed by atoms with van der Waals surface area (Å²) < 4.78 is 26.8. The number of benzene rings is 1. The Morgan fingerprint density at radius 2 is 1.59 bits per heavy atom. The van der Waals surface area contributed by atoms with Crippen LogP contribution in [0.4, 0.5) is 0 Å². The number of carbonyl (C=O) groups is 2. The zero-order chi connectivity index (χ0) is 20.4. The molecule has 0 spiro atoms. The van der Waals surface area contributed by atoms with Crippen LogP contribution in [0, 0.1) is 5.92 Å². The van der Waals surface area contributed by atoms with Gasteiger partial charge in [0.2, 0.25) is 21.8 Å². The number of amides is 2. The SMILES string of the molecule is O=C(CCC(=O)N(CC1CC1)C1CC1)N1CCN(S(=O)(=O)c2ccccc2)CC1. The molecule has 8 heteroatoms. The Kier molecular flexibility index (Phi) is 5.92. The topological polar surface area (TPSA) is 78.0 Å². The van der Waals surface area contributed by atoms with Gasteiger partial charge in [-0.3, -0.25) is 9.59 Å². The summed E-state index contributed by atoms with van der Waals surface area (Å²) >= 11 is 0. The molecule has 0 bridgehead atoms.